The third-order valence-corrected chi connectivity index (χ3v) is 6.06. The molecule has 0 saturated carbocycles. The lowest BCUT2D eigenvalue weighted by atomic mass is 10.1. The first-order valence-corrected chi connectivity index (χ1v) is 11.9. The molecule has 9 heteroatoms. The van der Waals surface area contributed by atoms with Gasteiger partial charge in [-0.2, -0.15) is 0 Å². The lowest BCUT2D eigenvalue weighted by molar-refractivity contribution is -0.117. The predicted octanol–water partition coefficient (Wildman–Crippen LogP) is 3.49. The van der Waals surface area contributed by atoms with Gasteiger partial charge >= 0.3 is 0 Å². The quantitative estimate of drug-likeness (QED) is 0.635. The van der Waals surface area contributed by atoms with Crippen LogP contribution in [0.5, 0.6) is 0 Å². The Morgan fingerprint density at radius 1 is 1.00 bits per heavy atom. The molecule has 0 spiro atoms. The molecule has 2 aromatic rings. The van der Waals surface area contributed by atoms with Crippen LogP contribution in [0.4, 0.5) is 15.8 Å². The number of nitrogens with zero attached hydrogens (tertiary/aromatic N) is 2. The van der Waals surface area contributed by atoms with Gasteiger partial charge in [-0.3, -0.25) is 13.9 Å². The van der Waals surface area contributed by atoms with E-state index in [4.69, 9.17) is 0 Å². The van der Waals surface area contributed by atoms with Gasteiger partial charge in [-0.05, 0) is 56.7 Å². The molecule has 0 saturated heterocycles. The van der Waals surface area contributed by atoms with Gasteiger partial charge in [0.05, 0.1) is 23.2 Å². The number of para-hydroxylation sites is 1. The molecule has 0 aliphatic carbocycles. The van der Waals surface area contributed by atoms with E-state index in [1.807, 2.05) is 13.8 Å². The Balaban J connectivity index is 2.40. The highest BCUT2D eigenvalue weighted by Gasteiger charge is 2.32. The summed E-state index contributed by atoms with van der Waals surface area (Å²) in [5.74, 6) is -1.33. The first kappa shape index (κ1) is 24.3. The zero-order valence-electron chi connectivity index (χ0n) is 18.1. The van der Waals surface area contributed by atoms with Gasteiger partial charge in [-0.25, -0.2) is 12.8 Å². The molecule has 1 N–H and O–H groups in total. The lowest BCUT2D eigenvalue weighted by Gasteiger charge is -2.30. The van der Waals surface area contributed by atoms with Crippen LogP contribution in [-0.4, -0.2) is 50.5 Å². The molecule has 2 rings (SSSR count). The molecule has 0 heterocycles. The number of carbonyl (C=O) groups is 2. The van der Waals surface area contributed by atoms with Crippen molar-refractivity contribution in [1.82, 2.24) is 4.90 Å². The molecule has 168 valence electrons. The van der Waals surface area contributed by atoms with Crippen molar-refractivity contribution in [1.29, 1.82) is 0 Å². The largest absolute Gasteiger partial charge is 0.339 e. The van der Waals surface area contributed by atoms with Gasteiger partial charge in [0.25, 0.3) is 5.91 Å². The predicted molar refractivity (Wildman–Crippen MR) is 120 cm³/mol. The average Bonchev–Trinajstić information content (AvgIpc) is 2.73. The van der Waals surface area contributed by atoms with E-state index in [9.17, 15) is 22.4 Å². The van der Waals surface area contributed by atoms with E-state index in [-0.39, 0.29) is 18.0 Å². The van der Waals surface area contributed by atoms with Crippen LogP contribution in [0.3, 0.4) is 0 Å². The fourth-order valence-corrected chi connectivity index (χ4v) is 4.54. The van der Waals surface area contributed by atoms with Crippen LogP contribution in [0.1, 0.15) is 37.6 Å². The Morgan fingerprint density at radius 2 is 1.58 bits per heavy atom. The summed E-state index contributed by atoms with van der Waals surface area (Å²) in [6, 6.07) is 10.4. The number of hydrogen-bond acceptors (Lipinski definition) is 4. The molecule has 0 aliphatic heterocycles. The van der Waals surface area contributed by atoms with Crippen LogP contribution in [0.2, 0.25) is 0 Å². The van der Waals surface area contributed by atoms with E-state index < -0.39 is 27.8 Å². The van der Waals surface area contributed by atoms with Crippen molar-refractivity contribution in [3.63, 3.8) is 0 Å². The van der Waals surface area contributed by atoms with E-state index in [0.29, 0.717) is 24.3 Å². The van der Waals surface area contributed by atoms with Gasteiger partial charge in [-0.15, -0.1) is 0 Å². The highest BCUT2D eigenvalue weighted by atomic mass is 32.2. The summed E-state index contributed by atoms with van der Waals surface area (Å²) < 4.78 is 39.3. The first-order valence-electron chi connectivity index (χ1n) is 10.1. The first-order chi connectivity index (χ1) is 14.6. The molecule has 1 atom stereocenters. The van der Waals surface area contributed by atoms with E-state index in [2.05, 4.69) is 5.32 Å². The molecular formula is C22H28FN3O4S. The van der Waals surface area contributed by atoms with Gasteiger partial charge in [0.1, 0.15) is 11.9 Å². The Kier molecular flexibility index (Phi) is 8.15. The molecule has 7 nitrogen and oxygen atoms in total. The Labute approximate surface area is 182 Å². The van der Waals surface area contributed by atoms with Gasteiger partial charge in [-0.1, -0.05) is 19.1 Å². The summed E-state index contributed by atoms with van der Waals surface area (Å²) in [5, 5.41) is 2.71. The van der Waals surface area contributed by atoms with Gasteiger partial charge in [0.2, 0.25) is 15.9 Å². The number of halogens is 1. The number of hydrogen-bond donors (Lipinski definition) is 1. The highest BCUT2D eigenvalue weighted by molar-refractivity contribution is 7.92. The monoisotopic (exact) mass is 449 g/mol. The normalized spacial score (nSPS) is 12.2. The third kappa shape index (κ3) is 5.81. The Hall–Kier alpha value is -2.94. The molecule has 2 aromatic carbocycles. The molecule has 0 aliphatic rings. The zero-order valence-corrected chi connectivity index (χ0v) is 18.9. The van der Waals surface area contributed by atoms with Crippen LogP contribution >= 0.6 is 0 Å². The fourth-order valence-electron chi connectivity index (χ4n) is 3.32. The molecule has 0 fully saturated rings. The molecule has 0 bridgehead atoms. The standard InChI is InChI=1S/C22H28FN3O4S/c1-5-20(26(31(4,29)30)17-14-12-16(23)13-15-17)21(27)24-19-11-9-8-10-18(19)22(28)25(6-2)7-3/h8-15,20H,5-7H2,1-4H3,(H,24,27)/t20-/m0/s1. The fraction of sp³-hybridized carbons (Fsp3) is 0.364. The number of benzene rings is 2. The minimum atomic E-state index is -3.85. The Bertz CT molecular complexity index is 1020. The summed E-state index contributed by atoms with van der Waals surface area (Å²) in [4.78, 5) is 27.6. The van der Waals surface area contributed by atoms with Crippen LogP contribution < -0.4 is 9.62 Å². The van der Waals surface area contributed by atoms with Crippen molar-refractivity contribution >= 4 is 33.2 Å². The van der Waals surface area contributed by atoms with Crippen molar-refractivity contribution in [3.05, 3.63) is 59.9 Å². The minimum Gasteiger partial charge on any atom is -0.339 e. The summed E-state index contributed by atoms with van der Waals surface area (Å²) in [7, 11) is -3.85. The third-order valence-electron chi connectivity index (χ3n) is 4.88. The van der Waals surface area contributed by atoms with Crippen molar-refractivity contribution in [2.75, 3.05) is 29.0 Å². The van der Waals surface area contributed by atoms with Gasteiger partial charge in [0, 0.05) is 13.1 Å². The van der Waals surface area contributed by atoms with Crippen LogP contribution in [0.25, 0.3) is 0 Å². The molecule has 2 amide bonds. The minimum absolute atomic E-state index is 0.169. The van der Waals surface area contributed by atoms with E-state index in [1.165, 1.54) is 12.1 Å². The SMILES string of the molecule is CC[C@@H](C(=O)Nc1ccccc1C(=O)N(CC)CC)N(c1ccc(F)cc1)S(C)(=O)=O. The average molecular weight is 450 g/mol. The number of carbonyl (C=O) groups excluding carboxylic acids is 2. The number of rotatable bonds is 9. The van der Waals surface area contributed by atoms with E-state index >= 15 is 0 Å². The smallest absolute Gasteiger partial charge is 0.255 e. The van der Waals surface area contributed by atoms with E-state index in [1.54, 1.807) is 36.1 Å². The van der Waals surface area contributed by atoms with Gasteiger partial charge in [0.15, 0.2) is 0 Å². The number of nitrogens with one attached hydrogen (secondary N) is 1. The molecule has 0 aromatic heterocycles. The second kappa shape index (κ2) is 10.4. The van der Waals surface area contributed by atoms with Crippen molar-refractivity contribution in [3.8, 4) is 0 Å². The maximum atomic E-state index is 13.3. The summed E-state index contributed by atoms with van der Waals surface area (Å²) in [6.07, 6.45) is 1.16. The molecular weight excluding hydrogens is 421 g/mol. The topological polar surface area (TPSA) is 86.8 Å². The second-order valence-electron chi connectivity index (χ2n) is 6.97. The molecule has 0 unspecified atom stereocenters. The lowest BCUT2D eigenvalue weighted by Crippen LogP contribution is -2.47. The number of sulfonamides is 1. The van der Waals surface area contributed by atoms with Gasteiger partial charge < -0.3 is 10.2 Å². The van der Waals surface area contributed by atoms with Crippen molar-refractivity contribution < 1.29 is 22.4 Å². The maximum Gasteiger partial charge on any atom is 0.255 e. The number of amides is 2. The maximum absolute atomic E-state index is 13.3. The highest BCUT2D eigenvalue weighted by Crippen LogP contribution is 2.25. The van der Waals surface area contributed by atoms with E-state index in [0.717, 1.165) is 22.7 Å². The number of anilines is 2. The zero-order chi connectivity index (χ0) is 23.2. The van der Waals surface area contributed by atoms with Crippen LogP contribution in [0, 0.1) is 5.82 Å². The molecule has 31 heavy (non-hydrogen) atoms. The van der Waals surface area contributed by atoms with Crippen LogP contribution in [0.15, 0.2) is 48.5 Å². The summed E-state index contributed by atoms with van der Waals surface area (Å²) in [6.45, 7) is 6.44. The van der Waals surface area contributed by atoms with Crippen molar-refractivity contribution in [2.45, 2.75) is 33.2 Å². The van der Waals surface area contributed by atoms with Crippen LogP contribution in [-0.2, 0) is 14.8 Å². The molecule has 0 radical (unpaired) electrons. The second-order valence-corrected chi connectivity index (χ2v) is 8.83. The Morgan fingerprint density at radius 3 is 2.10 bits per heavy atom. The van der Waals surface area contributed by atoms with Crippen molar-refractivity contribution in [2.24, 2.45) is 0 Å². The summed E-state index contributed by atoms with van der Waals surface area (Å²) in [5.41, 5.74) is 0.802. The summed E-state index contributed by atoms with van der Waals surface area (Å²) >= 11 is 0.